The molecule has 1 rings (SSSR count). The van der Waals surface area contributed by atoms with Crippen molar-refractivity contribution in [2.45, 2.75) is 64.9 Å². The molecule has 0 spiro atoms. The van der Waals surface area contributed by atoms with E-state index in [0.29, 0.717) is 6.42 Å². The Balaban J connectivity index is 2.85. The fourth-order valence-corrected chi connectivity index (χ4v) is 7.36. The Morgan fingerprint density at radius 1 is 0.950 bits per heavy atom. The topological polar surface area (TPSA) is 34.1 Å². The van der Waals surface area contributed by atoms with Crippen molar-refractivity contribution in [2.24, 2.45) is 10.8 Å². The first kappa shape index (κ1) is 17.5. The largest absolute Gasteiger partial charge is 0.217 e. The van der Waals surface area contributed by atoms with Gasteiger partial charge in [-0.15, -0.1) is 11.8 Å². The van der Waals surface area contributed by atoms with E-state index in [1.807, 2.05) is 20.8 Å². The molecular weight excluding hydrogens is 288 g/mol. The third-order valence-electron chi connectivity index (χ3n) is 3.39. The second-order valence-corrected chi connectivity index (χ2v) is 11.0. The van der Waals surface area contributed by atoms with Crippen LogP contribution in [-0.2, 0) is 8.87 Å². The lowest BCUT2D eigenvalue weighted by Crippen LogP contribution is -2.45. The highest BCUT2D eigenvalue weighted by atomic mass is 33.1. The van der Waals surface area contributed by atoms with E-state index in [2.05, 4.69) is 37.5 Å². The summed E-state index contributed by atoms with van der Waals surface area (Å²) in [6, 6.07) is 0. The van der Waals surface area contributed by atoms with Gasteiger partial charge >= 0.3 is 0 Å². The molecule has 1 fully saturated rings. The standard InChI is InChI=1S/C16H24O2S2/c1-7-9-15(3,4)11-13-14(20(17,18)19-13)12-16(5,6)10-8-2/h13-14H,11-12H2,1-6H3/t13-,14-/m1/s1. The minimum atomic E-state index is -3.01. The van der Waals surface area contributed by atoms with Crippen LogP contribution in [0, 0.1) is 34.5 Å². The molecule has 0 radical (unpaired) electrons. The van der Waals surface area contributed by atoms with Gasteiger partial charge in [-0.2, -0.15) is 0 Å². The molecule has 0 bridgehead atoms. The lowest BCUT2D eigenvalue weighted by molar-refractivity contribution is 0.385. The van der Waals surface area contributed by atoms with Crippen molar-refractivity contribution >= 4 is 19.7 Å². The zero-order chi connectivity index (χ0) is 15.6. The van der Waals surface area contributed by atoms with Gasteiger partial charge in [-0.25, -0.2) is 8.42 Å². The molecule has 0 aromatic rings. The first-order valence-corrected chi connectivity index (χ1v) is 9.77. The van der Waals surface area contributed by atoms with E-state index in [4.69, 9.17) is 0 Å². The Labute approximate surface area is 127 Å². The smallest absolute Gasteiger partial charge is 0.205 e. The fraction of sp³-hybridized carbons (Fsp3) is 0.750. The summed E-state index contributed by atoms with van der Waals surface area (Å²) in [6.07, 6.45) is 1.40. The molecule has 0 amide bonds. The maximum Gasteiger partial charge on any atom is 0.205 e. The highest BCUT2D eigenvalue weighted by Gasteiger charge is 2.50. The molecule has 2 nitrogen and oxygen atoms in total. The molecule has 1 saturated heterocycles. The molecule has 112 valence electrons. The lowest BCUT2D eigenvalue weighted by Gasteiger charge is -2.40. The third-order valence-corrected chi connectivity index (χ3v) is 8.10. The normalized spacial score (nSPS) is 24.7. The molecule has 0 aromatic heterocycles. The van der Waals surface area contributed by atoms with Gasteiger partial charge in [-0.1, -0.05) is 11.8 Å². The highest BCUT2D eigenvalue weighted by Crippen LogP contribution is 2.49. The molecule has 4 heteroatoms. The minimum Gasteiger partial charge on any atom is -0.217 e. The van der Waals surface area contributed by atoms with Crippen molar-refractivity contribution in [2.75, 3.05) is 0 Å². The van der Waals surface area contributed by atoms with Crippen LogP contribution in [0.4, 0.5) is 0 Å². The number of hydrogen-bond acceptors (Lipinski definition) is 3. The van der Waals surface area contributed by atoms with Crippen LogP contribution >= 0.6 is 10.8 Å². The monoisotopic (exact) mass is 312 g/mol. The van der Waals surface area contributed by atoms with E-state index >= 15 is 0 Å². The van der Waals surface area contributed by atoms with Crippen LogP contribution in [0.5, 0.6) is 0 Å². The summed E-state index contributed by atoms with van der Waals surface area (Å²) in [7, 11) is -1.90. The number of rotatable bonds is 4. The first-order chi connectivity index (χ1) is 9.03. The van der Waals surface area contributed by atoms with E-state index < -0.39 is 8.87 Å². The van der Waals surface area contributed by atoms with Gasteiger partial charge in [0.25, 0.3) is 0 Å². The van der Waals surface area contributed by atoms with Crippen LogP contribution in [0.2, 0.25) is 0 Å². The van der Waals surface area contributed by atoms with E-state index in [1.165, 1.54) is 0 Å². The van der Waals surface area contributed by atoms with Gasteiger partial charge in [-0.05, 0) is 65.2 Å². The van der Waals surface area contributed by atoms with Crippen LogP contribution in [-0.4, -0.2) is 18.9 Å². The van der Waals surface area contributed by atoms with Gasteiger partial charge in [0.05, 0.1) is 5.25 Å². The van der Waals surface area contributed by atoms with Crippen molar-refractivity contribution in [3.63, 3.8) is 0 Å². The van der Waals surface area contributed by atoms with Gasteiger partial charge in [0.2, 0.25) is 8.87 Å². The average Bonchev–Trinajstić information content (AvgIpc) is 2.25. The second kappa shape index (κ2) is 6.04. The SMILES string of the molecule is CC#CC(C)(C)C[C@@H]1[C@@H](CC(C)(C)C#CC)SS1(=O)=O. The quantitative estimate of drug-likeness (QED) is 0.586. The molecule has 0 aromatic carbocycles. The Hall–Kier alpha value is -0.580. The van der Waals surface area contributed by atoms with E-state index in [0.717, 1.165) is 17.2 Å². The third kappa shape index (κ3) is 4.47. The van der Waals surface area contributed by atoms with E-state index in [1.54, 1.807) is 6.92 Å². The van der Waals surface area contributed by atoms with Crippen molar-refractivity contribution in [3.8, 4) is 23.7 Å². The van der Waals surface area contributed by atoms with Gasteiger partial charge in [0, 0.05) is 16.1 Å². The van der Waals surface area contributed by atoms with Crippen LogP contribution in [0.25, 0.3) is 0 Å². The molecule has 0 saturated carbocycles. The zero-order valence-corrected chi connectivity index (χ0v) is 14.8. The summed E-state index contributed by atoms with van der Waals surface area (Å²) >= 11 is 0. The van der Waals surface area contributed by atoms with Crippen molar-refractivity contribution in [1.82, 2.24) is 0 Å². The fourth-order valence-electron chi connectivity index (χ4n) is 2.62. The van der Waals surface area contributed by atoms with Gasteiger partial charge < -0.3 is 0 Å². The van der Waals surface area contributed by atoms with Crippen molar-refractivity contribution in [1.29, 1.82) is 0 Å². The van der Waals surface area contributed by atoms with Gasteiger partial charge in [0.1, 0.15) is 0 Å². The Morgan fingerprint density at radius 3 is 1.80 bits per heavy atom. The summed E-state index contributed by atoms with van der Waals surface area (Å²) in [6.45, 7) is 11.8. The summed E-state index contributed by atoms with van der Waals surface area (Å²) in [4.78, 5) is 0. The molecule has 0 aliphatic carbocycles. The van der Waals surface area contributed by atoms with E-state index in [9.17, 15) is 8.42 Å². The molecule has 1 heterocycles. The predicted octanol–water partition coefficient (Wildman–Crippen LogP) is 3.68. The molecule has 2 atom stereocenters. The summed E-state index contributed by atoms with van der Waals surface area (Å²) < 4.78 is 24.1. The highest BCUT2D eigenvalue weighted by molar-refractivity contribution is 8.75. The maximum atomic E-state index is 12.0. The predicted molar refractivity (Wildman–Crippen MR) is 87.8 cm³/mol. The van der Waals surface area contributed by atoms with Crippen LogP contribution in [0.3, 0.4) is 0 Å². The molecule has 1 aliphatic heterocycles. The average molecular weight is 312 g/mol. The maximum absolute atomic E-state index is 12.0. The summed E-state index contributed by atoms with van der Waals surface area (Å²) in [5, 5.41) is -0.157. The van der Waals surface area contributed by atoms with Crippen LogP contribution < -0.4 is 0 Å². The molecular formula is C16H24O2S2. The Kier molecular flexibility index (Phi) is 5.28. The molecule has 1 aliphatic rings. The molecule has 20 heavy (non-hydrogen) atoms. The second-order valence-electron chi connectivity index (χ2n) is 6.59. The Bertz CT molecular complexity index is 577. The van der Waals surface area contributed by atoms with Gasteiger partial charge in [0.15, 0.2) is 0 Å². The Morgan fingerprint density at radius 2 is 1.40 bits per heavy atom. The summed E-state index contributed by atoms with van der Waals surface area (Å²) in [5.74, 6) is 12.1. The number of hydrogen-bond donors (Lipinski definition) is 0. The molecule has 0 N–H and O–H groups in total. The van der Waals surface area contributed by atoms with Crippen LogP contribution in [0.1, 0.15) is 54.4 Å². The van der Waals surface area contributed by atoms with E-state index in [-0.39, 0.29) is 21.3 Å². The van der Waals surface area contributed by atoms with Crippen molar-refractivity contribution in [3.05, 3.63) is 0 Å². The molecule has 0 unspecified atom stereocenters. The summed E-state index contributed by atoms with van der Waals surface area (Å²) in [5.41, 5.74) is -0.395. The van der Waals surface area contributed by atoms with Gasteiger partial charge in [-0.3, -0.25) is 0 Å². The van der Waals surface area contributed by atoms with Crippen molar-refractivity contribution < 1.29 is 8.42 Å². The lowest BCUT2D eigenvalue weighted by atomic mass is 9.83. The van der Waals surface area contributed by atoms with Crippen LogP contribution in [0.15, 0.2) is 0 Å². The first-order valence-electron chi connectivity index (χ1n) is 6.83. The zero-order valence-electron chi connectivity index (χ0n) is 13.2. The minimum absolute atomic E-state index is 0.133.